The fourth-order valence-corrected chi connectivity index (χ4v) is 0.555. The van der Waals surface area contributed by atoms with E-state index in [0.717, 1.165) is 0 Å². The summed E-state index contributed by atoms with van der Waals surface area (Å²) in [6, 6.07) is 0. The quantitative estimate of drug-likeness (QED) is 0.706. The highest BCUT2D eigenvalue weighted by molar-refractivity contribution is 5.87. The summed E-state index contributed by atoms with van der Waals surface area (Å²) in [7, 11) is 0. The van der Waals surface area contributed by atoms with Gasteiger partial charge in [-0.1, -0.05) is 0 Å². The van der Waals surface area contributed by atoms with E-state index in [-0.39, 0.29) is 6.10 Å². The number of hydrogen-bond donors (Lipinski definition) is 1. The van der Waals surface area contributed by atoms with Crippen molar-refractivity contribution >= 4 is 12.0 Å². The van der Waals surface area contributed by atoms with Gasteiger partial charge in [0, 0.05) is 0 Å². The number of nitrogens with one attached hydrogen (secondary N) is 2. The fraction of sp³-hybridized carbons (Fsp3) is 0.750. The molecule has 13 heavy (non-hydrogen) atoms. The van der Waals surface area contributed by atoms with Gasteiger partial charge in [-0.2, -0.15) is 0 Å². The molecule has 75 valence electrons. The molecule has 0 aromatic rings. The van der Waals surface area contributed by atoms with E-state index in [2.05, 4.69) is 5.32 Å². The first-order valence-corrected chi connectivity index (χ1v) is 4.00. The Balaban J connectivity index is 4.12. The van der Waals surface area contributed by atoms with Crippen molar-refractivity contribution in [1.29, 1.82) is 0 Å². The van der Waals surface area contributed by atoms with Crippen molar-refractivity contribution in [2.75, 3.05) is 0 Å². The first-order valence-electron chi connectivity index (χ1n) is 4.00. The predicted molar refractivity (Wildman–Crippen MR) is 46.9 cm³/mol. The fourth-order valence-electron chi connectivity index (χ4n) is 0.555. The van der Waals surface area contributed by atoms with Crippen molar-refractivity contribution in [3.05, 3.63) is 0 Å². The number of hydrogen-bond acceptors (Lipinski definition) is 3. The molecule has 0 unspecified atom stereocenters. The van der Waals surface area contributed by atoms with Crippen molar-refractivity contribution in [2.45, 2.75) is 39.3 Å². The molecule has 0 aliphatic carbocycles. The molecule has 0 heterocycles. The van der Waals surface area contributed by atoms with E-state index in [4.69, 9.17) is 10.5 Å². The van der Waals surface area contributed by atoms with E-state index < -0.39 is 17.5 Å². The molecular weight excluding hydrogens is 172 g/mol. The lowest BCUT2D eigenvalue weighted by Crippen LogP contribution is -2.50. The molecular formula is C8H15N2O3. The van der Waals surface area contributed by atoms with Crippen LogP contribution in [-0.2, 0) is 9.53 Å². The third-order valence-electron chi connectivity index (χ3n) is 1.32. The lowest BCUT2D eigenvalue weighted by molar-refractivity contribution is -0.123. The van der Waals surface area contributed by atoms with E-state index in [1.54, 1.807) is 13.8 Å². The average molecular weight is 187 g/mol. The van der Waals surface area contributed by atoms with Crippen molar-refractivity contribution in [3.8, 4) is 0 Å². The second-order valence-corrected chi connectivity index (χ2v) is 3.53. The lowest BCUT2D eigenvalue weighted by atomic mass is 10.1. The highest BCUT2D eigenvalue weighted by atomic mass is 16.6. The number of amides is 2. The second-order valence-electron chi connectivity index (χ2n) is 3.53. The number of ether oxygens (including phenoxy) is 1. The number of rotatable bonds is 3. The first kappa shape index (κ1) is 11.7. The molecule has 0 saturated heterocycles. The van der Waals surface area contributed by atoms with Crippen LogP contribution in [0.5, 0.6) is 0 Å². The van der Waals surface area contributed by atoms with Crippen LogP contribution in [0.25, 0.3) is 0 Å². The highest BCUT2D eigenvalue weighted by Crippen LogP contribution is 2.02. The van der Waals surface area contributed by atoms with Gasteiger partial charge >= 0.3 is 6.09 Å². The summed E-state index contributed by atoms with van der Waals surface area (Å²) in [5, 5.41) is 2.29. The van der Waals surface area contributed by atoms with E-state index in [9.17, 15) is 9.59 Å². The molecule has 0 rings (SSSR count). The smallest absolute Gasteiger partial charge is 0.408 e. The minimum absolute atomic E-state index is 0.239. The molecule has 5 heteroatoms. The van der Waals surface area contributed by atoms with Crippen LogP contribution < -0.4 is 11.1 Å². The summed E-state index contributed by atoms with van der Waals surface area (Å²) in [6.45, 7) is 6.30. The van der Waals surface area contributed by atoms with Crippen LogP contribution in [0.2, 0.25) is 0 Å². The zero-order valence-electron chi connectivity index (χ0n) is 8.30. The van der Waals surface area contributed by atoms with Gasteiger partial charge in [0.25, 0.3) is 5.91 Å². The molecule has 0 aromatic carbocycles. The average Bonchev–Trinajstić information content (AvgIpc) is 1.82. The van der Waals surface area contributed by atoms with Gasteiger partial charge in [0.15, 0.2) is 0 Å². The van der Waals surface area contributed by atoms with E-state index in [1.165, 1.54) is 13.8 Å². The van der Waals surface area contributed by atoms with Crippen LogP contribution in [0.1, 0.15) is 27.7 Å². The van der Waals surface area contributed by atoms with Gasteiger partial charge in [0.05, 0.1) is 6.10 Å². The van der Waals surface area contributed by atoms with Crippen LogP contribution in [0.4, 0.5) is 4.79 Å². The molecule has 0 aliphatic rings. The van der Waals surface area contributed by atoms with Gasteiger partial charge in [-0.25, -0.2) is 4.79 Å². The maximum Gasteiger partial charge on any atom is 0.408 e. The molecule has 0 aliphatic heterocycles. The Hall–Kier alpha value is -1.26. The topological polar surface area (TPSA) is 79.2 Å². The predicted octanol–water partition coefficient (Wildman–Crippen LogP) is 0.709. The third kappa shape index (κ3) is 4.35. The molecule has 0 bridgehead atoms. The van der Waals surface area contributed by atoms with Gasteiger partial charge < -0.3 is 10.1 Å². The van der Waals surface area contributed by atoms with Crippen molar-refractivity contribution < 1.29 is 14.3 Å². The Morgan fingerprint density at radius 3 is 2.15 bits per heavy atom. The molecule has 2 amide bonds. The van der Waals surface area contributed by atoms with E-state index >= 15 is 0 Å². The summed E-state index contributed by atoms with van der Waals surface area (Å²) in [5.74, 6) is -0.854. The molecule has 0 fully saturated rings. The van der Waals surface area contributed by atoms with Crippen molar-refractivity contribution in [2.24, 2.45) is 0 Å². The van der Waals surface area contributed by atoms with Crippen molar-refractivity contribution in [3.63, 3.8) is 0 Å². The number of carbonyl (C=O) groups excluding carboxylic acids is 2. The zero-order valence-corrected chi connectivity index (χ0v) is 8.30. The molecule has 0 spiro atoms. The summed E-state index contributed by atoms with van der Waals surface area (Å²) in [5.41, 5.74) is 5.66. The Bertz CT molecular complexity index is 211. The Morgan fingerprint density at radius 2 is 1.85 bits per heavy atom. The van der Waals surface area contributed by atoms with Crippen LogP contribution in [-0.4, -0.2) is 23.6 Å². The molecule has 0 aromatic heterocycles. The molecule has 1 radical (unpaired) electrons. The van der Waals surface area contributed by atoms with E-state index in [0.29, 0.717) is 0 Å². The minimum atomic E-state index is -1.19. The maximum absolute atomic E-state index is 11.0. The standard InChI is InChI=1S/C8H15N2O3/c1-5(2)13-7(12)10-8(3,4)6(9)11/h5,9H,1-4H3,(H,10,12). The highest BCUT2D eigenvalue weighted by Gasteiger charge is 2.28. The van der Waals surface area contributed by atoms with Crippen LogP contribution >= 0.6 is 0 Å². The lowest BCUT2D eigenvalue weighted by Gasteiger charge is -2.21. The number of carbonyl (C=O) groups is 2. The van der Waals surface area contributed by atoms with Crippen LogP contribution in [0.3, 0.4) is 0 Å². The molecule has 0 atom stereocenters. The van der Waals surface area contributed by atoms with Gasteiger partial charge in [0.1, 0.15) is 5.54 Å². The van der Waals surface area contributed by atoms with Gasteiger partial charge in [0.2, 0.25) is 0 Å². The molecule has 5 nitrogen and oxygen atoms in total. The van der Waals surface area contributed by atoms with Crippen molar-refractivity contribution in [1.82, 2.24) is 11.1 Å². The summed E-state index contributed by atoms with van der Waals surface area (Å²) >= 11 is 0. The Morgan fingerprint density at radius 1 is 1.38 bits per heavy atom. The summed E-state index contributed by atoms with van der Waals surface area (Å²) in [6.07, 6.45) is -0.919. The summed E-state index contributed by atoms with van der Waals surface area (Å²) in [4.78, 5) is 21.7. The maximum atomic E-state index is 11.0. The number of alkyl carbamates (subject to hydrolysis) is 1. The minimum Gasteiger partial charge on any atom is -0.447 e. The monoisotopic (exact) mass is 187 g/mol. The van der Waals surface area contributed by atoms with Crippen LogP contribution in [0, 0.1) is 0 Å². The SMILES string of the molecule is CC(C)OC(=O)NC(C)(C)C([NH])=O. The van der Waals surface area contributed by atoms with Crippen LogP contribution in [0.15, 0.2) is 0 Å². The van der Waals surface area contributed by atoms with Gasteiger partial charge in [-0.3, -0.25) is 10.5 Å². The third-order valence-corrected chi connectivity index (χ3v) is 1.32. The Kier molecular flexibility index (Phi) is 3.71. The van der Waals surface area contributed by atoms with Gasteiger partial charge in [-0.15, -0.1) is 0 Å². The first-order chi connectivity index (χ1) is 5.75. The largest absolute Gasteiger partial charge is 0.447 e. The Labute approximate surface area is 77.6 Å². The summed E-state index contributed by atoms with van der Waals surface area (Å²) < 4.78 is 4.75. The van der Waals surface area contributed by atoms with Gasteiger partial charge in [-0.05, 0) is 27.7 Å². The molecule has 0 saturated carbocycles. The normalized spacial score (nSPS) is 11.2. The second kappa shape index (κ2) is 4.11. The molecule has 2 N–H and O–H groups in total. The zero-order chi connectivity index (χ0) is 10.6. The van der Waals surface area contributed by atoms with E-state index in [1.807, 2.05) is 0 Å².